The van der Waals surface area contributed by atoms with Crippen molar-refractivity contribution in [1.29, 1.82) is 0 Å². The summed E-state index contributed by atoms with van der Waals surface area (Å²) in [4.78, 5) is 7.41. The van der Waals surface area contributed by atoms with E-state index in [0.717, 1.165) is 31.5 Å². The van der Waals surface area contributed by atoms with Gasteiger partial charge < -0.3 is 10.6 Å². The van der Waals surface area contributed by atoms with Crippen molar-refractivity contribution in [2.75, 3.05) is 32.7 Å². The average Bonchev–Trinajstić information content (AvgIpc) is 3.27. The van der Waals surface area contributed by atoms with Gasteiger partial charge in [-0.1, -0.05) is 6.42 Å². The van der Waals surface area contributed by atoms with Crippen LogP contribution in [0, 0.1) is 5.92 Å². The number of hydrogen-bond acceptors (Lipinski definition) is 2. The molecule has 0 amide bonds. The summed E-state index contributed by atoms with van der Waals surface area (Å²) in [6, 6.07) is 0. The molecule has 0 aromatic carbocycles. The van der Waals surface area contributed by atoms with Gasteiger partial charge in [-0.15, -0.1) is 0 Å². The molecule has 1 saturated carbocycles. The molecule has 1 heterocycles. The number of aliphatic imine (C=N–C) groups is 1. The lowest BCUT2D eigenvalue weighted by molar-refractivity contribution is 0.102. The van der Waals surface area contributed by atoms with Crippen LogP contribution < -0.4 is 10.6 Å². The molecule has 20 heavy (non-hydrogen) atoms. The van der Waals surface area contributed by atoms with Crippen LogP contribution in [0.2, 0.25) is 0 Å². The topological polar surface area (TPSA) is 39.7 Å². The van der Waals surface area contributed by atoms with Crippen LogP contribution in [-0.4, -0.2) is 49.1 Å². The van der Waals surface area contributed by atoms with E-state index in [1.807, 2.05) is 0 Å². The summed E-state index contributed by atoms with van der Waals surface area (Å²) >= 11 is 0. The second-order valence-electron chi connectivity index (χ2n) is 6.88. The Labute approximate surface area is 124 Å². The standard InChI is InChI=1S/C16H32N4/c1-4-17-15(18-12-14-8-9-14)19-13-16(2,3)20-10-6-5-7-11-20/h14H,4-13H2,1-3H3,(H2,17,18,19). The first-order chi connectivity index (χ1) is 9.62. The van der Waals surface area contributed by atoms with Gasteiger partial charge in [-0.2, -0.15) is 0 Å². The van der Waals surface area contributed by atoms with Gasteiger partial charge in [0.25, 0.3) is 0 Å². The Bertz CT molecular complexity index is 314. The minimum atomic E-state index is 0.169. The maximum Gasteiger partial charge on any atom is 0.191 e. The van der Waals surface area contributed by atoms with Gasteiger partial charge in [0.2, 0.25) is 0 Å². The van der Waals surface area contributed by atoms with Crippen molar-refractivity contribution in [3.63, 3.8) is 0 Å². The number of nitrogens with zero attached hydrogens (tertiary/aromatic N) is 2. The van der Waals surface area contributed by atoms with Crippen LogP contribution in [0.1, 0.15) is 52.9 Å². The number of hydrogen-bond donors (Lipinski definition) is 2. The molecule has 1 aliphatic carbocycles. The second kappa shape index (κ2) is 7.30. The van der Waals surface area contributed by atoms with Crippen molar-refractivity contribution in [3.8, 4) is 0 Å². The molecule has 2 aliphatic rings. The first kappa shape index (κ1) is 15.6. The number of guanidine groups is 1. The molecule has 116 valence electrons. The van der Waals surface area contributed by atoms with Crippen LogP contribution in [0.3, 0.4) is 0 Å². The van der Waals surface area contributed by atoms with Gasteiger partial charge in [0.05, 0.1) is 6.54 Å². The lowest BCUT2D eigenvalue weighted by Gasteiger charge is -2.40. The van der Waals surface area contributed by atoms with Crippen LogP contribution in [0.15, 0.2) is 4.99 Å². The predicted octanol–water partition coefficient (Wildman–Crippen LogP) is 2.22. The zero-order chi connectivity index (χ0) is 14.4. The van der Waals surface area contributed by atoms with Crippen molar-refractivity contribution in [2.24, 2.45) is 10.9 Å². The highest BCUT2D eigenvalue weighted by molar-refractivity contribution is 5.79. The second-order valence-corrected chi connectivity index (χ2v) is 6.88. The normalized spacial score (nSPS) is 21.9. The van der Waals surface area contributed by atoms with E-state index in [1.165, 1.54) is 45.2 Å². The lowest BCUT2D eigenvalue weighted by atomic mass is 9.99. The van der Waals surface area contributed by atoms with E-state index in [9.17, 15) is 0 Å². The first-order valence-electron chi connectivity index (χ1n) is 8.39. The van der Waals surface area contributed by atoms with E-state index in [-0.39, 0.29) is 5.54 Å². The third-order valence-corrected chi connectivity index (χ3v) is 4.44. The van der Waals surface area contributed by atoms with Crippen molar-refractivity contribution < 1.29 is 0 Å². The Hall–Kier alpha value is -0.770. The summed E-state index contributed by atoms with van der Waals surface area (Å²) in [6.07, 6.45) is 6.83. The fraction of sp³-hybridized carbons (Fsp3) is 0.938. The molecule has 2 rings (SSSR count). The molecule has 2 fully saturated rings. The zero-order valence-electron chi connectivity index (χ0n) is 13.5. The molecule has 0 spiro atoms. The highest BCUT2D eigenvalue weighted by Crippen LogP contribution is 2.27. The summed E-state index contributed by atoms with van der Waals surface area (Å²) in [7, 11) is 0. The molecule has 0 radical (unpaired) electrons. The van der Waals surface area contributed by atoms with Crippen LogP contribution in [0.25, 0.3) is 0 Å². The smallest absolute Gasteiger partial charge is 0.191 e. The summed E-state index contributed by atoms with van der Waals surface area (Å²) in [5.74, 6) is 1.87. The summed E-state index contributed by atoms with van der Waals surface area (Å²) in [5, 5.41) is 6.84. The highest BCUT2D eigenvalue weighted by Gasteiger charge is 2.28. The van der Waals surface area contributed by atoms with Gasteiger partial charge in [0.15, 0.2) is 5.96 Å². The Morgan fingerprint density at radius 1 is 1.15 bits per heavy atom. The maximum absolute atomic E-state index is 4.81. The molecule has 0 atom stereocenters. The quantitative estimate of drug-likeness (QED) is 0.579. The minimum absolute atomic E-state index is 0.169. The van der Waals surface area contributed by atoms with Crippen LogP contribution in [-0.2, 0) is 0 Å². The van der Waals surface area contributed by atoms with E-state index in [1.54, 1.807) is 0 Å². The molecule has 4 nitrogen and oxygen atoms in total. The molecular weight excluding hydrogens is 248 g/mol. The molecule has 4 heteroatoms. The summed E-state index contributed by atoms with van der Waals surface area (Å²) < 4.78 is 0. The number of likely N-dealkylation sites (tertiary alicyclic amines) is 1. The van der Waals surface area contributed by atoms with Gasteiger partial charge in [0.1, 0.15) is 0 Å². The monoisotopic (exact) mass is 280 g/mol. The molecule has 0 aromatic heterocycles. The van der Waals surface area contributed by atoms with Crippen molar-refractivity contribution >= 4 is 5.96 Å². The molecule has 1 saturated heterocycles. The van der Waals surface area contributed by atoms with E-state index in [4.69, 9.17) is 4.99 Å². The predicted molar refractivity (Wildman–Crippen MR) is 86.2 cm³/mol. The third-order valence-electron chi connectivity index (χ3n) is 4.44. The van der Waals surface area contributed by atoms with Gasteiger partial charge >= 0.3 is 0 Å². The molecule has 0 aromatic rings. The molecule has 1 aliphatic heterocycles. The largest absolute Gasteiger partial charge is 0.357 e. The number of nitrogens with one attached hydrogen (secondary N) is 2. The molecule has 0 unspecified atom stereocenters. The van der Waals surface area contributed by atoms with Crippen molar-refractivity contribution in [2.45, 2.75) is 58.4 Å². The van der Waals surface area contributed by atoms with Gasteiger partial charge in [-0.3, -0.25) is 9.89 Å². The Balaban J connectivity index is 1.84. The average molecular weight is 280 g/mol. The fourth-order valence-electron chi connectivity index (χ4n) is 2.78. The Kier molecular flexibility index (Phi) is 5.70. The summed E-state index contributed by atoms with van der Waals surface area (Å²) in [6.45, 7) is 12.1. The van der Waals surface area contributed by atoms with Gasteiger partial charge in [-0.05, 0) is 65.5 Å². The molecule has 0 bridgehead atoms. The van der Waals surface area contributed by atoms with Crippen LogP contribution in [0.5, 0.6) is 0 Å². The van der Waals surface area contributed by atoms with Crippen LogP contribution in [0.4, 0.5) is 0 Å². The zero-order valence-corrected chi connectivity index (χ0v) is 13.5. The summed E-state index contributed by atoms with van der Waals surface area (Å²) in [5.41, 5.74) is 0.169. The van der Waals surface area contributed by atoms with Crippen LogP contribution >= 0.6 is 0 Å². The van der Waals surface area contributed by atoms with Crippen molar-refractivity contribution in [3.05, 3.63) is 0 Å². The maximum atomic E-state index is 4.81. The minimum Gasteiger partial charge on any atom is -0.357 e. The fourth-order valence-corrected chi connectivity index (χ4v) is 2.78. The van der Waals surface area contributed by atoms with E-state index in [2.05, 4.69) is 36.3 Å². The molecule has 2 N–H and O–H groups in total. The Morgan fingerprint density at radius 3 is 2.45 bits per heavy atom. The lowest BCUT2D eigenvalue weighted by Crippen LogP contribution is -2.49. The molecular formula is C16H32N4. The highest BCUT2D eigenvalue weighted by atomic mass is 15.2. The van der Waals surface area contributed by atoms with E-state index >= 15 is 0 Å². The number of piperidine rings is 1. The number of rotatable bonds is 6. The Morgan fingerprint density at radius 2 is 1.85 bits per heavy atom. The first-order valence-corrected chi connectivity index (χ1v) is 8.39. The van der Waals surface area contributed by atoms with Gasteiger partial charge in [-0.25, -0.2) is 0 Å². The van der Waals surface area contributed by atoms with E-state index < -0.39 is 0 Å². The third kappa shape index (κ3) is 4.97. The van der Waals surface area contributed by atoms with Crippen molar-refractivity contribution in [1.82, 2.24) is 15.5 Å². The van der Waals surface area contributed by atoms with Gasteiger partial charge in [0, 0.05) is 18.6 Å². The van der Waals surface area contributed by atoms with E-state index in [0.29, 0.717) is 0 Å². The SMILES string of the molecule is CCNC(=NCC(C)(C)N1CCCCC1)NCC1CC1.